The van der Waals surface area contributed by atoms with E-state index >= 15 is 28.8 Å². The molecule has 0 saturated carbocycles. The Kier molecular flexibility index (Phi) is 48.0. The third-order valence-electron chi connectivity index (χ3n) is 24.0. The number of aliphatic carboxylic acids is 2. The monoisotopic (exact) mass is 2060 g/mol. The maximum atomic E-state index is 15.4. The van der Waals surface area contributed by atoms with Crippen molar-refractivity contribution in [2.75, 3.05) is 96.2 Å². The largest absolute Gasteiger partial charge is 0.508 e. The second-order valence-electron chi connectivity index (χ2n) is 35.4. The molecule has 12 atom stereocenters. The van der Waals surface area contributed by atoms with Crippen LogP contribution in [0.25, 0.3) is 10.9 Å². The van der Waals surface area contributed by atoms with E-state index in [1.165, 1.54) is 89.4 Å². The minimum Gasteiger partial charge on any atom is -0.508 e. The van der Waals surface area contributed by atoms with Crippen LogP contribution in [0.3, 0.4) is 0 Å². The smallest absolute Gasteiger partial charge is 0.322 e. The number of carboxylic acids is 2. The summed E-state index contributed by atoms with van der Waals surface area (Å²) in [4.78, 5) is 272. The molecule has 1 aliphatic heterocycles. The number of thioether (sulfide) groups is 1. The number of para-hydroxylation sites is 2. The molecule has 48 heteroatoms. The lowest BCUT2D eigenvalue weighted by Crippen LogP contribution is -2.62. The summed E-state index contributed by atoms with van der Waals surface area (Å²) < 4.78 is 5.14. The number of rotatable bonds is 62. The average molecular weight is 2060 g/mol. The number of carbonyl (C=O) groups is 18. The SMILES string of the molecule is COCCN(CC(=O)N(CC(=O)N(CC(=O)NC(CO)C(=O)NC(Cc1ccc(O)cc1)C(=O)NC(CO)C(=O)NC(CCSC)C(=O)NC(CCC(=O)O)C(=O)NC(Cc1c[nH]cn1)C(=O)NC(Cc1ccccc1)C(=O)NC(CCCNC(=N)N)C(=O)NC(Cc1c[nH]c2ccccc12)C(=O)NC(CCCCN)C(=O)N1CCCC1C(=O)NC(C(=O)NCC(=O)O)C(C)C)c1ccccc1)Cc1ccccc1)C(C)=O. The summed E-state index contributed by atoms with van der Waals surface area (Å²) in [6.45, 7) is -0.105. The van der Waals surface area contributed by atoms with Crippen LogP contribution in [0.5, 0.6) is 5.75 Å². The Labute approximate surface area is 852 Å². The predicted octanol–water partition coefficient (Wildman–Crippen LogP) is -2.40. The Balaban J connectivity index is 1.01. The van der Waals surface area contributed by atoms with E-state index in [2.05, 4.69) is 84.1 Å². The number of unbranched alkanes of at least 4 members (excludes halogenated alkanes) is 1. The highest BCUT2D eigenvalue weighted by Gasteiger charge is 2.43. The number of nitrogens with zero attached hydrogens (tertiary/aromatic N) is 5. The van der Waals surface area contributed by atoms with E-state index in [1.54, 1.807) is 129 Å². The van der Waals surface area contributed by atoms with Gasteiger partial charge in [0.05, 0.1) is 38.4 Å². The van der Waals surface area contributed by atoms with Crippen molar-refractivity contribution in [2.45, 2.75) is 190 Å². The lowest BCUT2D eigenvalue weighted by Gasteiger charge is -2.31. The molecule has 5 aromatic carbocycles. The molecule has 0 aliphatic carbocycles. The van der Waals surface area contributed by atoms with Crippen LogP contribution in [0.15, 0.2) is 158 Å². The molecule has 1 aliphatic rings. The number of phenolic OH excluding ortho intramolecular Hbond substituents is 1. The number of aromatic amines is 2. The standard InChI is InChI=1S/C99H133N23O24S/c1-59(2)86(97(144)106-51-85(132)133)118-96(143)80-31-20-41-121(80)98(145)73(29-17-18-39-100)112-92(139)76(47-64-49-105-69-28-16-15-27-68(64)69)115-87(134)70(30-19-40-104-99(101)102)109-90(137)74(45-61-21-9-6-10-22-61)113-93(140)77(48-65-50-103-58-107-65)116-88(135)71(36-37-84(130)131)110-89(136)72(38-44-147-5)111-95(142)79(57-124)117-91(138)75(46-62-32-34-67(126)35-33-62)114-94(141)78(56-123)108-81(127)53-122(66-25-13-8-14-26-66)83(129)55-120(52-63-23-11-7-12-24-63)82(128)54-119(60(3)125)42-43-146-4/h6-16,21-28,32-35,49-50,58-59,70-80,86,105,123-124,126H,17-20,29-31,36-48,51-57,100H2,1-5H3,(H,103,107)(H,106,144)(H,108,127)(H,109,137)(H,110,136)(H,111,142)(H,112,139)(H,113,140)(H,114,141)(H,115,134)(H,116,135)(H,117,138)(H,118,143)(H,130,131)(H,132,133)(H4,101,102,104). The molecule has 47 nitrogen and oxygen atoms in total. The number of aliphatic hydroxyl groups excluding tert-OH is 2. The van der Waals surface area contributed by atoms with Crippen molar-refractivity contribution in [1.29, 1.82) is 5.41 Å². The number of benzene rings is 5. The first-order valence-corrected chi connectivity index (χ1v) is 49.4. The van der Waals surface area contributed by atoms with Gasteiger partial charge in [-0.05, 0) is 135 Å². The van der Waals surface area contributed by atoms with Crippen molar-refractivity contribution >= 4 is 141 Å². The van der Waals surface area contributed by atoms with Crippen molar-refractivity contribution in [2.24, 2.45) is 17.4 Å². The van der Waals surface area contributed by atoms with Gasteiger partial charge in [0, 0.05) is 101 Å². The number of nitrogens with one attached hydrogen (secondary N) is 16. The molecule has 16 amide bonds. The minimum absolute atomic E-state index is 0.00932. The molecule has 794 valence electrons. The number of anilines is 1. The number of carbonyl (C=O) groups excluding carboxylic acids is 16. The minimum atomic E-state index is -1.97. The normalized spacial score (nSPS) is 14.4. The molecule has 25 N–H and O–H groups in total. The van der Waals surface area contributed by atoms with Crippen molar-refractivity contribution < 1.29 is 117 Å². The van der Waals surface area contributed by atoms with Gasteiger partial charge in [0.2, 0.25) is 94.5 Å². The van der Waals surface area contributed by atoms with Crippen molar-refractivity contribution in [3.63, 3.8) is 0 Å². The van der Waals surface area contributed by atoms with Gasteiger partial charge in [-0.15, -0.1) is 0 Å². The number of carboxylic acid groups (broad SMARTS) is 2. The summed E-state index contributed by atoms with van der Waals surface area (Å²) >= 11 is 1.19. The molecule has 1 saturated heterocycles. The van der Waals surface area contributed by atoms with Gasteiger partial charge in [-0.1, -0.05) is 123 Å². The molecule has 0 spiro atoms. The summed E-state index contributed by atoms with van der Waals surface area (Å²) in [5.74, 6) is -18.8. The van der Waals surface area contributed by atoms with Crippen LogP contribution in [-0.4, -0.2) is 331 Å². The van der Waals surface area contributed by atoms with E-state index in [4.69, 9.17) is 21.6 Å². The van der Waals surface area contributed by atoms with E-state index < -0.39 is 256 Å². The Morgan fingerprint density at radius 1 is 0.537 bits per heavy atom. The van der Waals surface area contributed by atoms with Crippen LogP contribution in [-0.2, 0) is 123 Å². The number of hydrogen-bond acceptors (Lipinski definition) is 26. The van der Waals surface area contributed by atoms with Gasteiger partial charge in [0.1, 0.15) is 97.9 Å². The molecule has 1 fully saturated rings. The molecule has 2 aromatic heterocycles. The molecule has 147 heavy (non-hydrogen) atoms. The fourth-order valence-corrected chi connectivity index (χ4v) is 16.6. The van der Waals surface area contributed by atoms with Gasteiger partial charge >= 0.3 is 11.9 Å². The lowest BCUT2D eigenvalue weighted by molar-refractivity contribution is -0.143. The van der Waals surface area contributed by atoms with Crippen LogP contribution < -0.4 is 85.5 Å². The van der Waals surface area contributed by atoms with Gasteiger partial charge in [-0.25, -0.2) is 4.98 Å². The number of nitrogens with two attached hydrogens (primary N) is 2. The van der Waals surface area contributed by atoms with Gasteiger partial charge < -0.3 is 140 Å². The highest BCUT2D eigenvalue weighted by atomic mass is 32.2. The first-order valence-electron chi connectivity index (χ1n) is 48.0. The number of aromatic hydroxyl groups is 1. The van der Waals surface area contributed by atoms with E-state index in [0.29, 0.717) is 46.9 Å². The Bertz CT molecular complexity index is 5600. The number of imidazole rings is 1. The molecular formula is C99H133N23O24S. The zero-order valence-corrected chi connectivity index (χ0v) is 83.2. The topological polar surface area (TPSA) is 707 Å². The lowest BCUT2D eigenvalue weighted by atomic mass is 10.0. The van der Waals surface area contributed by atoms with Crippen LogP contribution in [0.4, 0.5) is 5.69 Å². The number of guanidine groups is 1. The summed E-state index contributed by atoms with van der Waals surface area (Å²) in [7, 11) is 1.42. The number of likely N-dealkylation sites (tertiary alicyclic amines) is 1. The number of aromatic nitrogens is 3. The first-order chi connectivity index (χ1) is 70.4. The number of aliphatic hydroxyl groups is 2. The van der Waals surface area contributed by atoms with Gasteiger partial charge in [-0.2, -0.15) is 11.8 Å². The van der Waals surface area contributed by atoms with Crippen molar-refractivity contribution in [3.05, 3.63) is 186 Å². The van der Waals surface area contributed by atoms with Crippen LogP contribution in [0.2, 0.25) is 0 Å². The van der Waals surface area contributed by atoms with E-state index in [9.17, 15) is 83.1 Å². The summed E-state index contributed by atoms with van der Waals surface area (Å²) in [5.41, 5.74) is 14.4. The molecule has 7 aromatic rings. The Morgan fingerprint density at radius 2 is 1.04 bits per heavy atom. The zero-order valence-electron chi connectivity index (χ0n) is 82.4. The number of H-pyrrole nitrogens is 2. The maximum absolute atomic E-state index is 15.4. The number of ether oxygens (including phenoxy) is 1. The Morgan fingerprint density at radius 3 is 1.59 bits per heavy atom. The van der Waals surface area contributed by atoms with Gasteiger partial charge in [0.15, 0.2) is 5.96 Å². The van der Waals surface area contributed by atoms with E-state index in [0.717, 1.165) is 4.90 Å². The predicted molar refractivity (Wildman–Crippen MR) is 539 cm³/mol. The van der Waals surface area contributed by atoms with Crippen molar-refractivity contribution in [3.8, 4) is 5.75 Å². The van der Waals surface area contributed by atoms with Crippen LogP contribution >= 0.6 is 11.8 Å². The summed E-state index contributed by atoms with van der Waals surface area (Å²) in [6.07, 6.45) is 3.67. The second-order valence-corrected chi connectivity index (χ2v) is 36.4. The fourth-order valence-electron chi connectivity index (χ4n) is 16.1. The second kappa shape index (κ2) is 60.4. The number of fused-ring (bicyclic) bond motifs is 1. The third kappa shape index (κ3) is 38.2. The highest BCUT2D eigenvalue weighted by molar-refractivity contribution is 7.98. The first kappa shape index (κ1) is 117. The summed E-state index contributed by atoms with van der Waals surface area (Å²) in [5, 5.41) is 93.1. The highest BCUT2D eigenvalue weighted by Crippen LogP contribution is 2.25. The molecule has 3 heterocycles. The number of hydrogen-bond donors (Lipinski definition) is 23. The van der Waals surface area contributed by atoms with Crippen LogP contribution in [0.1, 0.15) is 113 Å². The number of amides is 16. The molecule has 0 bridgehead atoms. The molecule has 8 rings (SSSR count). The van der Waals surface area contributed by atoms with Crippen LogP contribution in [0, 0.1) is 11.3 Å². The van der Waals surface area contributed by atoms with E-state index in [-0.39, 0.29) is 113 Å². The van der Waals surface area contributed by atoms with Gasteiger partial charge in [-0.3, -0.25) is 91.7 Å². The fraction of sp³-hybridized carbons (Fsp3) is 0.455. The molecule has 12 unspecified atom stereocenters. The van der Waals surface area contributed by atoms with Crippen molar-refractivity contribution in [1.82, 2.24) is 98.8 Å². The van der Waals surface area contributed by atoms with Gasteiger partial charge in [0.25, 0.3) is 0 Å². The zero-order chi connectivity index (χ0) is 107. The summed E-state index contributed by atoms with van der Waals surface area (Å²) in [6, 6.07) is 17.6. The third-order valence-corrected chi connectivity index (χ3v) is 24.7. The average Bonchev–Trinajstić information content (AvgIpc) is 1.71. The Hall–Kier alpha value is -15.4. The van der Waals surface area contributed by atoms with E-state index in [1.807, 2.05) is 0 Å². The maximum Gasteiger partial charge on any atom is 0.322 e. The molecular weight excluding hydrogens is 1930 g/mol. The quantitative estimate of drug-likeness (QED) is 0.0107. The number of phenols is 1. The molecule has 0 radical (unpaired) electrons. The number of methoxy groups -OCH3 is 1.